The van der Waals surface area contributed by atoms with Gasteiger partial charge in [-0.25, -0.2) is 4.39 Å². The molecule has 0 fully saturated rings. The molecule has 0 bridgehead atoms. The van der Waals surface area contributed by atoms with Crippen LogP contribution >= 0.6 is 11.6 Å². The lowest BCUT2D eigenvalue weighted by atomic mass is 10.00. The summed E-state index contributed by atoms with van der Waals surface area (Å²) in [6.45, 7) is 0. The first-order valence-corrected chi connectivity index (χ1v) is 6.55. The van der Waals surface area contributed by atoms with Gasteiger partial charge in [-0.3, -0.25) is 9.59 Å². The molecule has 0 aliphatic rings. The fraction of sp³-hybridized carbons (Fsp3) is 0. The van der Waals surface area contributed by atoms with E-state index in [0.717, 1.165) is 0 Å². The first kappa shape index (κ1) is 13.5. The second-order valence-corrected chi connectivity index (χ2v) is 4.96. The molecular formula is C16H9ClFNO2. The van der Waals surface area contributed by atoms with Crippen molar-refractivity contribution in [2.45, 2.75) is 0 Å². The topological polar surface area (TPSA) is 49.9 Å². The Morgan fingerprint density at radius 3 is 2.67 bits per heavy atom. The summed E-state index contributed by atoms with van der Waals surface area (Å²) >= 11 is 5.98. The van der Waals surface area contributed by atoms with E-state index in [1.807, 2.05) is 0 Å². The maximum atomic E-state index is 14.1. The summed E-state index contributed by atoms with van der Waals surface area (Å²) in [4.78, 5) is 25.5. The van der Waals surface area contributed by atoms with E-state index in [9.17, 15) is 14.0 Å². The number of hydrogen-bond donors (Lipinski definition) is 1. The molecule has 1 heterocycles. The van der Waals surface area contributed by atoms with Gasteiger partial charge in [0.1, 0.15) is 5.82 Å². The molecular weight excluding hydrogens is 293 g/mol. The Balaban J connectivity index is 2.42. The number of benzene rings is 2. The molecule has 0 aliphatic carbocycles. The molecule has 0 saturated heterocycles. The van der Waals surface area contributed by atoms with Crippen LogP contribution in [0.3, 0.4) is 0 Å². The Kier molecular flexibility index (Phi) is 3.31. The minimum atomic E-state index is -0.736. The van der Waals surface area contributed by atoms with E-state index in [1.54, 1.807) is 36.4 Å². The van der Waals surface area contributed by atoms with Crippen molar-refractivity contribution < 1.29 is 14.0 Å². The van der Waals surface area contributed by atoms with Gasteiger partial charge >= 0.3 is 0 Å². The fourth-order valence-corrected chi connectivity index (χ4v) is 2.52. The van der Waals surface area contributed by atoms with Crippen molar-refractivity contribution >= 4 is 34.6 Å². The van der Waals surface area contributed by atoms with E-state index < -0.39 is 11.6 Å². The minimum absolute atomic E-state index is 0.0624. The molecule has 1 aromatic heterocycles. The number of aromatic nitrogens is 1. The van der Waals surface area contributed by atoms with Crippen LogP contribution < -0.4 is 0 Å². The van der Waals surface area contributed by atoms with Crippen molar-refractivity contribution in [3.8, 4) is 11.1 Å². The molecule has 0 saturated carbocycles. The van der Waals surface area contributed by atoms with Crippen molar-refractivity contribution in [2.75, 3.05) is 0 Å². The van der Waals surface area contributed by atoms with Crippen molar-refractivity contribution in [2.24, 2.45) is 0 Å². The Hall–Kier alpha value is -2.46. The van der Waals surface area contributed by atoms with Crippen LogP contribution in [0.25, 0.3) is 22.0 Å². The third-order valence-corrected chi connectivity index (χ3v) is 3.49. The highest BCUT2D eigenvalue weighted by molar-refractivity contribution is 6.36. The van der Waals surface area contributed by atoms with Gasteiger partial charge in [-0.05, 0) is 24.3 Å². The largest absolute Gasteiger partial charge is 0.351 e. The van der Waals surface area contributed by atoms with E-state index in [-0.39, 0.29) is 17.5 Å². The number of halogens is 2. The molecule has 0 radical (unpaired) electrons. The van der Waals surface area contributed by atoms with E-state index in [1.165, 1.54) is 6.07 Å². The maximum absolute atomic E-state index is 14.1. The molecule has 0 atom stereocenters. The Morgan fingerprint density at radius 2 is 1.95 bits per heavy atom. The van der Waals surface area contributed by atoms with Crippen LogP contribution in [0.4, 0.5) is 4.39 Å². The van der Waals surface area contributed by atoms with Gasteiger partial charge in [0.2, 0.25) is 5.78 Å². The van der Waals surface area contributed by atoms with Gasteiger partial charge in [0, 0.05) is 27.1 Å². The Morgan fingerprint density at radius 1 is 1.19 bits per heavy atom. The summed E-state index contributed by atoms with van der Waals surface area (Å²) in [5.41, 5.74) is 1.27. The highest BCUT2D eigenvalue weighted by Crippen LogP contribution is 2.35. The van der Waals surface area contributed by atoms with Gasteiger partial charge in [0.15, 0.2) is 6.29 Å². The lowest BCUT2D eigenvalue weighted by Gasteiger charge is -2.04. The number of aldehydes is 1. The van der Waals surface area contributed by atoms with E-state index in [2.05, 4.69) is 4.98 Å². The average Bonchev–Trinajstić information content (AvgIpc) is 2.85. The zero-order valence-electron chi connectivity index (χ0n) is 10.7. The predicted molar refractivity (Wildman–Crippen MR) is 79.1 cm³/mol. The number of hydrogen-bond acceptors (Lipinski definition) is 2. The number of carbonyl (C=O) groups is 2. The molecule has 3 aromatic rings. The van der Waals surface area contributed by atoms with Crippen LogP contribution in [0, 0.1) is 5.82 Å². The molecule has 0 amide bonds. The van der Waals surface area contributed by atoms with Crippen molar-refractivity contribution in [1.82, 2.24) is 4.98 Å². The number of ketones is 1. The Bertz CT molecular complexity index is 870. The molecule has 104 valence electrons. The summed E-state index contributed by atoms with van der Waals surface area (Å²) in [6, 6.07) is 11.0. The summed E-state index contributed by atoms with van der Waals surface area (Å²) < 4.78 is 14.1. The highest BCUT2D eigenvalue weighted by Gasteiger charge is 2.20. The van der Waals surface area contributed by atoms with Crippen LogP contribution in [0.15, 0.2) is 42.5 Å². The zero-order valence-corrected chi connectivity index (χ0v) is 11.4. The standard InChI is InChI=1S/C16H9ClFNO2/c17-9-5-6-13-11(7-9)15(16(19-13)14(21)8-20)10-3-1-2-4-12(10)18/h1-8,19H. The molecule has 2 aromatic carbocycles. The zero-order chi connectivity index (χ0) is 15.0. The monoisotopic (exact) mass is 301 g/mol. The second kappa shape index (κ2) is 5.14. The summed E-state index contributed by atoms with van der Waals surface area (Å²) in [5.74, 6) is -1.21. The summed E-state index contributed by atoms with van der Waals surface area (Å²) in [6.07, 6.45) is 0.205. The molecule has 1 N–H and O–H groups in total. The number of H-pyrrole nitrogens is 1. The molecule has 21 heavy (non-hydrogen) atoms. The number of rotatable bonds is 3. The van der Waals surface area contributed by atoms with E-state index in [0.29, 0.717) is 21.5 Å². The van der Waals surface area contributed by atoms with Gasteiger partial charge in [-0.15, -0.1) is 0 Å². The van der Waals surface area contributed by atoms with E-state index >= 15 is 0 Å². The first-order valence-electron chi connectivity index (χ1n) is 6.17. The number of carbonyl (C=O) groups excluding carboxylic acids is 2. The summed E-state index contributed by atoms with van der Waals surface area (Å²) in [5, 5.41) is 1.06. The lowest BCUT2D eigenvalue weighted by molar-refractivity contribution is -0.104. The van der Waals surface area contributed by atoms with Gasteiger partial charge < -0.3 is 4.98 Å². The fourth-order valence-electron chi connectivity index (χ4n) is 2.35. The van der Waals surface area contributed by atoms with Crippen molar-refractivity contribution in [1.29, 1.82) is 0 Å². The number of fused-ring (bicyclic) bond motifs is 1. The van der Waals surface area contributed by atoms with Gasteiger partial charge in [0.05, 0.1) is 5.69 Å². The van der Waals surface area contributed by atoms with Gasteiger partial charge in [0.25, 0.3) is 0 Å². The quantitative estimate of drug-likeness (QED) is 0.451. The lowest BCUT2D eigenvalue weighted by Crippen LogP contribution is -2.02. The summed E-state index contributed by atoms with van der Waals surface area (Å²) in [7, 11) is 0. The molecule has 3 nitrogen and oxygen atoms in total. The molecule has 0 aliphatic heterocycles. The van der Waals surface area contributed by atoms with Gasteiger partial charge in [-0.2, -0.15) is 0 Å². The molecule has 5 heteroatoms. The molecule has 0 unspecified atom stereocenters. The molecule has 0 spiro atoms. The normalized spacial score (nSPS) is 10.8. The second-order valence-electron chi connectivity index (χ2n) is 4.53. The average molecular weight is 302 g/mol. The van der Waals surface area contributed by atoms with E-state index in [4.69, 9.17) is 11.6 Å². The Labute approximate surface area is 124 Å². The first-order chi connectivity index (χ1) is 10.1. The highest BCUT2D eigenvalue weighted by atomic mass is 35.5. The number of Topliss-reactive ketones (excluding diaryl/α,β-unsaturated/α-hetero) is 1. The van der Waals surface area contributed by atoms with Crippen LogP contribution in [-0.2, 0) is 4.79 Å². The SMILES string of the molecule is O=CC(=O)c1[nH]c2ccc(Cl)cc2c1-c1ccccc1F. The smallest absolute Gasteiger partial charge is 0.242 e. The maximum Gasteiger partial charge on any atom is 0.242 e. The van der Waals surface area contributed by atoms with Crippen LogP contribution in [-0.4, -0.2) is 17.1 Å². The van der Waals surface area contributed by atoms with Crippen molar-refractivity contribution in [3.05, 3.63) is 59.0 Å². The molecule has 3 rings (SSSR count). The van der Waals surface area contributed by atoms with Crippen LogP contribution in [0.5, 0.6) is 0 Å². The third kappa shape index (κ3) is 2.23. The number of aromatic amines is 1. The minimum Gasteiger partial charge on any atom is -0.351 e. The van der Waals surface area contributed by atoms with Gasteiger partial charge in [-0.1, -0.05) is 29.8 Å². The predicted octanol–water partition coefficient (Wildman–Crippen LogP) is 4.01. The third-order valence-electron chi connectivity index (χ3n) is 3.26. The van der Waals surface area contributed by atoms with Crippen LogP contribution in [0.1, 0.15) is 10.5 Å². The number of nitrogens with one attached hydrogen (secondary N) is 1. The van der Waals surface area contributed by atoms with Crippen molar-refractivity contribution in [3.63, 3.8) is 0 Å². The van der Waals surface area contributed by atoms with Crippen LogP contribution in [0.2, 0.25) is 5.02 Å².